The van der Waals surface area contributed by atoms with Crippen LogP contribution in [0.2, 0.25) is 5.02 Å². The summed E-state index contributed by atoms with van der Waals surface area (Å²) in [5, 5.41) is 10.4. The molecule has 0 aliphatic rings. The first kappa shape index (κ1) is 15.4. The van der Waals surface area contributed by atoms with Crippen LogP contribution in [0.1, 0.15) is 16.1 Å². The van der Waals surface area contributed by atoms with Crippen molar-refractivity contribution in [2.24, 2.45) is 0 Å². The van der Waals surface area contributed by atoms with Gasteiger partial charge in [0.15, 0.2) is 0 Å². The van der Waals surface area contributed by atoms with Crippen molar-refractivity contribution in [3.63, 3.8) is 0 Å². The van der Waals surface area contributed by atoms with Gasteiger partial charge in [0.1, 0.15) is 5.69 Å². The lowest BCUT2D eigenvalue weighted by Crippen LogP contribution is -2.08. The lowest BCUT2D eigenvalue weighted by molar-refractivity contribution is -0.137. The Morgan fingerprint density at radius 3 is 2.26 bits per heavy atom. The minimum atomic E-state index is -4.44. The maximum absolute atomic E-state index is 12.7. The van der Waals surface area contributed by atoms with Crippen LogP contribution in [0.4, 0.5) is 13.2 Å². The molecule has 0 atom stereocenters. The second kappa shape index (κ2) is 5.31. The molecule has 3 nitrogen and oxygen atoms in total. The highest BCUT2D eigenvalue weighted by Gasteiger charge is 2.30. The Kier molecular flexibility index (Phi) is 3.56. The number of alkyl halides is 3. The number of benzene rings is 2. The molecule has 0 saturated heterocycles. The molecule has 0 radical (unpaired) electrons. The Morgan fingerprint density at radius 1 is 1.04 bits per heavy atom. The van der Waals surface area contributed by atoms with E-state index in [1.807, 2.05) is 0 Å². The number of halogens is 4. The number of hydrogen-bond acceptors (Lipinski definition) is 1. The van der Waals surface area contributed by atoms with E-state index in [-0.39, 0.29) is 5.69 Å². The zero-order valence-electron chi connectivity index (χ0n) is 11.4. The van der Waals surface area contributed by atoms with Gasteiger partial charge < -0.3 is 9.67 Å². The number of carboxylic acid groups (broad SMARTS) is 1. The van der Waals surface area contributed by atoms with Gasteiger partial charge in [-0.05, 0) is 48.5 Å². The fourth-order valence-electron chi connectivity index (χ4n) is 2.42. The summed E-state index contributed by atoms with van der Waals surface area (Å²) >= 11 is 5.90. The number of fused-ring (bicyclic) bond motifs is 1. The van der Waals surface area contributed by atoms with E-state index in [1.165, 1.54) is 22.8 Å². The Morgan fingerprint density at radius 2 is 1.70 bits per heavy atom. The molecule has 0 aliphatic heterocycles. The summed E-state index contributed by atoms with van der Waals surface area (Å²) in [5.41, 5.74) is 0.0268. The van der Waals surface area contributed by atoms with Crippen molar-refractivity contribution in [3.05, 3.63) is 64.8 Å². The third-order valence-electron chi connectivity index (χ3n) is 3.44. The standard InChI is InChI=1S/C16H9ClF3NO2/c17-11-3-6-13-9(7-11)8-14(15(22)23)21(13)12-4-1-10(2-5-12)16(18,19)20/h1-8H,(H,22,23). The lowest BCUT2D eigenvalue weighted by atomic mass is 10.2. The van der Waals surface area contributed by atoms with Crippen molar-refractivity contribution >= 4 is 28.5 Å². The number of nitrogens with zero attached hydrogens (tertiary/aromatic N) is 1. The van der Waals surface area contributed by atoms with Gasteiger partial charge in [0.25, 0.3) is 0 Å². The number of hydrogen-bond donors (Lipinski definition) is 1. The molecule has 3 aromatic rings. The Bertz CT molecular complexity index is 898. The van der Waals surface area contributed by atoms with Crippen molar-refractivity contribution in [3.8, 4) is 5.69 Å². The molecule has 118 valence electrons. The monoisotopic (exact) mass is 339 g/mol. The Balaban J connectivity index is 2.22. The summed E-state index contributed by atoms with van der Waals surface area (Å²) in [6, 6.07) is 10.6. The molecule has 1 heterocycles. The molecule has 0 unspecified atom stereocenters. The van der Waals surface area contributed by atoms with Gasteiger partial charge in [-0.15, -0.1) is 0 Å². The first-order valence-electron chi connectivity index (χ1n) is 6.49. The van der Waals surface area contributed by atoms with E-state index in [9.17, 15) is 23.1 Å². The van der Waals surface area contributed by atoms with Crippen molar-refractivity contribution in [1.29, 1.82) is 0 Å². The maximum atomic E-state index is 12.7. The van der Waals surface area contributed by atoms with Gasteiger partial charge in [0.2, 0.25) is 0 Å². The van der Waals surface area contributed by atoms with E-state index in [4.69, 9.17) is 11.6 Å². The molecular formula is C16H9ClF3NO2. The molecule has 1 N–H and O–H groups in total. The predicted molar refractivity (Wildman–Crippen MR) is 80.2 cm³/mol. The van der Waals surface area contributed by atoms with Crippen LogP contribution < -0.4 is 0 Å². The maximum Gasteiger partial charge on any atom is 0.416 e. The smallest absolute Gasteiger partial charge is 0.416 e. The molecule has 1 aromatic heterocycles. The zero-order chi connectivity index (χ0) is 16.8. The SMILES string of the molecule is O=C(O)c1cc2cc(Cl)ccc2n1-c1ccc(C(F)(F)F)cc1. The van der Waals surface area contributed by atoms with E-state index in [0.29, 0.717) is 21.6 Å². The van der Waals surface area contributed by atoms with Crippen LogP contribution in [0.25, 0.3) is 16.6 Å². The first-order valence-corrected chi connectivity index (χ1v) is 6.87. The van der Waals surface area contributed by atoms with Crippen LogP contribution in [0.3, 0.4) is 0 Å². The molecule has 0 bridgehead atoms. The van der Waals surface area contributed by atoms with Crippen LogP contribution in [0.5, 0.6) is 0 Å². The highest BCUT2D eigenvalue weighted by Crippen LogP contribution is 2.31. The molecule has 7 heteroatoms. The molecule has 0 aliphatic carbocycles. The minimum Gasteiger partial charge on any atom is -0.477 e. The van der Waals surface area contributed by atoms with Crippen molar-refractivity contribution < 1.29 is 23.1 Å². The number of rotatable bonds is 2. The van der Waals surface area contributed by atoms with Crippen LogP contribution in [0.15, 0.2) is 48.5 Å². The summed E-state index contributed by atoms with van der Waals surface area (Å²) in [7, 11) is 0. The van der Waals surface area contributed by atoms with Gasteiger partial charge in [-0.3, -0.25) is 0 Å². The van der Waals surface area contributed by atoms with E-state index in [0.717, 1.165) is 12.1 Å². The summed E-state index contributed by atoms with van der Waals surface area (Å²) in [4.78, 5) is 11.4. The summed E-state index contributed by atoms with van der Waals surface area (Å²) < 4.78 is 39.3. The second-order valence-corrected chi connectivity index (χ2v) is 5.35. The van der Waals surface area contributed by atoms with Gasteiger partial charge in [-0.25, -0.2) is 4.79 Å². The molecule has 0 amide bonds. The van der Waals surface area contributed by atoms with E-state index < -0.39 is 17.7 Å². The van der Waals surface area contributed by atoms with Crippen LogP contribution in [-0.2, 0) is 6.18 Å². The third kappa shape index (κ3) is 2.77. The molecular weight excluding hydrogens is 331 g/mol. The highest BCUT2D eigenvalue weighted by molar-refractivity contribution is 6.31. The fraction of sp³-hybridized carbons (Fsp3) is 0.0625. The number of aromatic nitrogens is 1. The first-order chi connectivity index (χ1) is 10.8. The van der Waals surface area contributed by atoms with E-state index in [2.05, 4.69) is 0 Å². The predicted octanol–water partition coefficient (Wildman–Crippen LogP) is 5.00. The molecule has 0 spiro atoms. The third-order valence-corrected chi connectivity index (χ3v) is 3.67. The molecule has 2 aromatic carbocycles. The normalized spacial score (nSPS) is 11.8. The molecule has 0 saturated carbocycles. The van der Waals surface area contributed by atoms with Gasteiger partial charge in [-0.2, -0.15) is 13.2 Å². The van der Waals surface area contributed by atoms with E-state index >= 15 is 0 Å². The number of aromatic carboxylic acids is 1. The second-order valence-electron chi connectivity index (χ2n) is 4.92. The quantitative estimate of drug-likeness (QED) is 0.713. The largest absolute Gasteiger partial charge is 0.477 e. The Hall–Kier alpha value is -2.47. The summed E-state index contributed by atoms with van der Waals surface area (Å²) in [6.45, 7) is 0. The van der Waals surface area contributed by atoms with Crippen LogP contribution in [-0.4, -0.2) is 15.6 Å². The van der Waals surface area contributed by atoms with Crippen LogP contribution >= 0.6 is 11.6 Å². The average molecular weight is 340 g/mol. The van der Waals surface area contributed by atoms with Gasteiger partial charge in [-0.1, -0.05) is 11.6 Å². The molecule has 23 heavy (non-hydrogen) atoms. The fourth-order valence-corrected chi connectivity index (χ4v) is 2.60. The summed E-state index contributed by atoms with van der Waals surface area (Å²) in [6.07, 6.45) is -4.44. The number of carbonyl (C=O) groups is 1. The average Bonchev–Trinajstić information content (AvgIpc) is 2.85. The van der Waals surface area contributed by atoms with Crippen molar-refractivity contribution in [2.45, 2.75) is 6.18 Å². The van der Waals surface area contributed by atoms with Gasteiger partial charge >= 0.3 is 12.1 Å². The molecule has 3 rings (SSSR count). The van der Waals surface area contributed by atoms with Gasteiger partial charge in [0, 0.05) is 16.1 Å². The molecule has 0 fully saturated rings. The van der Waals surface area contributed by atoms with Crippen LogP contribution in [0, 0.1) is 0 Å². The van der Waals surface area contributed by atoms with Crippen molar-refractivity contribution in [1.82, 2.24) is 4.57 Å². The minimum absolute atomic E-state index is 0.0537. The Labute approximate surface area is 133 Å². The zero-order valence-corrected chi connectivity index (χ0v) is 12.2. The van der Waals surface area contributed by atoms with Gasteiger partial charge in [0.05, 0.1) is 11.1 Å². The lowest BCUT2D eigenvalue weighted by Gasteiger charge is -2.11. The summed E-state index contributed by atoms with van der Waals surface area (Å²) in [5.74, 6) is -1.18. The highest BCUT2D eigenvalue weighted by atomic mass is 35.5. The number of carboxylic acids is 1. The topological polar surface area (TPSA) is 42.2 Å². The van der Waals surface area contributed by atoms with E-state index in [1.54, 1.807) is 18.2 Å². The van der Waals surface area contributed by atoms with Crippen molar-refractivity contribution in [2.75, 3.05) is 0 Å².